The first-order chi connectivity index (χ1) is 9.60. The minimum absolute atomic E-state index is 0.206. The number of methoxy groups -OCH3 is 1. The molecular formula is C15H23NO4. The number of para-hydroxylation sites is 1. The first-order valence-electron chi connectivity index (χ1n) is 6.80. The Labute approximate surface area is 119 Å². The number of ether oxygens (including phenoxy) is 2. The van der Waals surface area contributed by atoms with Gasteiger partial charge in [0.1, 0.15) is 5.75 Å². The lowest BCUT2D eigenvalue weighted by Gasteiger charge is -2.19. The summed E-state index contributed by atoms with van der Waals surface area (Å²) in [5.41, 5.74) is 0.701. The molecule has 0 saturated heterocycles. The van der Waals surface area contributed by atoms with Gasteiger partial charge in [0.2, 0.25) is 0 Å². The van der Waals surface area contributed by atoms with Crippen LogP contribution in [0, 0.1) is 0 Å². The fraction of sp³-hybridized carbons (Fsp3) is 0.533. The molecule has 1 amide bonds. The van der Waals surface area contributed by atoms with Gasteiger partial charge in [0.15, 0.2) is 6.10 Å². The number of hydrogen-bond acceptors (Lipinski definition) is 4. The van der Waals surface area contributed by atoms with E-state index in [0.717, 1.165) is 0 Å². The molecule has 5 heteroatoms. The van der Waals surface area contributed by atoms with Gasteiger partial charge >= 0.3 is 0 Å². The fourth-order valence-corrected chi connectivity index (χ4v) is 1.75. The molecule has 5 nitrogen and oxygen atoms in total. The van der Waals surface area contributed by atoms with Gasteiger partial charge in [-0.2, -0.15) is 0 Å². The lowest BCUT2D eigenvalue weighted by atomic mass is 10.1. The van der Waals surface area contributed by atoms with E-state index < -0.39 is 12.2 Å². The standard InChI is InChI=1S/C15H23NO4/c1-4-13(17)12-7-5-6-8-14(12)20-11(2)15(18)16-9-10-19-3/h5-8,11,13,17H,4,9-10H2,1-3H3,(H,16,18)/t11?,13-/m0/s1. The lowest BCUT2D eigenvalue weighted by Crippen LogP contribution is -2.38. The van der Waals surface area contributed by atoms with Gasteiger partial charge in [0.25, 0.3) is 5.91 Å². The van der Waals surface area contributed by atoms with Crippen molar-refractivity contribution >= 4 is 5.91 Å². The molecule has 0 aromatic heterocycles. The molecule has 0 bridgehead atoms. The third kappa shape index (κ3) is 4.83. The summed E-state index contributed by atoms with van der Waals surface area (Å²) < 4.78 is 10.5. The van der Waals surface area contributed by atoms with E-state index in [1.54, 1.807) is 26.2 Å². The van der Waals surface area contributed by atoms with Crippen LogP contribution < -0.4 is 10.1 Å². The molecular weight excluding hydrogens is 258 g/mol. The molecule has 2 atom stereocenters. The second kappa shape index (κ2) is 8.55. The maximum absolute atomic E-state index is 11.8. The predicted molar refractivity (Wildman–Crippen MR) is 76.7 cm³/mol. The number of carbonyl (C=O) groups is 1. The van der Waals surface area contributed by atoms with Gasteiger partial charge < -0.3 is 19.9 Å². The predicted octanol–water partition coefficient (Wildman–Crippen LogP) is 1.66. The first kappa shape index (κ1) is 16.5. The highest BCUT2D eigenvalue weighted by atomic mass is 16.5. The van der Waals surface area contributed by atoms with Crippen molar-refractivity contribution in [3.63, 3.8) is 0 Å². The average Bonchev–Trinajstić information content (AvgIpc) is 2.47. The highest BCUT2D eigenvalue weighted by Gasteiger charge is 2.17. The summed E-state index contributed by atoms with van der Waals surface area (Å²) in [5, 5.41) is 12.7. The molecule has 1 unspecified atom stereocenters. The molecule has 2 N–H and O–H groups in total. The van der Waals surface area contributed by atoms with Gasteiger partial charge in [0, 0.05) is 19.2 Å². The summed E-state index contributed by atoms with van der Waals surface area (Å²) in [7, 11) is 1.58. The van der Waals surface area contributed by atoms with Crippen molar-refractivity contribution < 1.29 is 19.4 Å². The van der Waals surface area contributed by atoms with E-state index in [2.05, 4.69) is 5.32 Å². The highest BCUT2D eigenvalue weighted by Crippen LogP contribution is 2.27. The van der Waals surface area contributed by atoms with E-state index in [-0.39, 0.29) is 5.91 Å². The van der Waals surface area contributed by atoms with E-state index in [0.29, 0.717) is 30.9 Å². The van der Waals surface area contributed by atoms with Crippen molar-refractivity contribution in [3.8, 4) is 5.75 Å². The fourth-order valence-electron chi connectivity index (χ4n) is 1.75. The Bertz CT molecular complexity index is 422. The molecule has 0 fully saturated rings. The van der Waals surface area contributed by atoms with Gasteiger partial charge in [-0.3, -0.25) is 4.79 Å². The summed E-state index contributed by atoms with van der Waals surface area (Å²) in [5.74, 6) is 0.332. The van der Waals surface area contributed by atoms with Gasteiger partial charge in [-0.25, -0.2) is 0 Å². The van der Waals surface area contributed by atoms with Crippen molar-refractivity contribution in [1.29, 1.82) is 0 Å². The second-order valence-electron chi connectivity index (χ2n) is 4.51. The lowest BCUT2D eigenvalue weighted by molar-refractivity contribution is -0.127. The van der Waals surface area contributed by atoms with Crippen molar-refractivity contribution in [3.05, 3.63) is 29.8 Å². The summed E-state index contributed by atoms with van der Waals surface area (Å²) in [6, 6.07) is 7.22. The Balaban J connectivity index is 2.65. The zero-order chi connectivity index (χ0) is 15.0. The number of rotatable bonds is 8. The van der Waals surface area contributed by atoms with Crippen LogP contribution >= 0.6 is 0 Å². The minimum Gasteiger partial charge on any atom is -0.481 e. The van der Waals surface area contributed by atoms with Crippen LogP contribution in [-0.2, 0) is 9.53 Å². The van der Waals surface area contributed by atoms with Crippen LogP contribution in [0.25, 0.3) is 0 Å². The van der Waals surface area contributed by atoms with E-state index in [9.17, 15) is 9.90 Å². The smallest absolute Gasteiger partial charge is 0.260 e. The molecule has 1 aromatic rings. The summed E-state index contributed by atoms with van der Waals surface area (Å²) in [6.45, 7) is 4.48. The topological polar surface area (TPSA) is 67.8 Å². The third-order valence-corrected chi connectivity index (χ3v) is 2.94. The van der Waals surface area contributed by atoms with E-state index >= 15 is 0 Å². The van der Waals surface area contributed by atoms with Crippen LogP contribution in [-0.4, -0.2) is 37.4 Å². The third-order valence-electron chi connectivity index (χ3n) is 2.94. The molecule has 0 aliphatic heterocycles. The normalized spacial score (nSPS) is 13.6. The van der Waals surface area contributed by atoms with E-state index in [1.807, 2.05) is 19.1 Å². The van der Waals surface area contributed by atoms with Gasteiger partial charge in [-0.05, 0) is 19.4 Å². The SMILES string of the molecule is CC[C@H](O)c1ccccc1OC(C)C(=O)NCCOC. The largest absolute Gasteiger partial charge is 0.481 e. The zero-order valence-electron chi connectivity index (χ0n) is 12.3. The van der Waals surface area contributed by atoms with Crippen molar-refractivity contribution in [1.82, 2.24) is 5.32 Å². The quantitative estimate of drug-likeness (QED) is 0.711. The van der Waals surface area contributed by atoms with Crippen LogP contribution in [0.3, 0.4) is 0 Å². The molecule has 0 aliphatic carbocycles. The number of hydrogen-bond donors (Lipinski definition) is 2. The molecule has 0 saturated carbocycles. The maximum atomic E-state index is 11.8. The number of benzene rings is 1. The Hall–Kier alpha value is -1.59. The number of nitrogens with one attached hydrogen (secondary N) is 1. The molecule has 1 aromatic carbocycles. The summed E-state index contributed by atoms with van der Waals surface area (Å²) in [4.78, 5) is 11.8. The van der Waals surface area contributed by atoms with Crippen LogP contribution in [0.15, 0.2) is 24.3 Å². The van der Waals surface area contributed by atoms with Crippen LogP contribution in [0.4, 0.5) is 0 Å². The minimum atomic E-state index is -0.628. The zero-order valence-corrected chi connectivity index (χ0v) is 12.3. The first-order valence-corrected chi connectivity index (χ1v) is 6.80. The Morgan fingerprint density at radius 3 is 2.75 bits per heavy atom. The van der Waals surface area contributed by atoms with Crippen LogP contribution in [0.5, 0.6) is 5.75 Å². The summed E-state index contributed by atoms with van der Waals surface area (Å²) >= 11 is 0. The van der Waals surface area contributed by atoms with Crippen molar-refractivity contribution in [2.24, 2.45) is 0 Å². The van der Waals surface area contributed by atoms with E-state index in [4.69, 9.17) is 9.47 Å². The molecule has 0 spiro atoms. The Morgan fingerprint density at radius 2 is 2.10 bits per heavy atom. The van der Waals surface area contributed by atoms with Crippen molar-refractivity contribution in [2.75, 3.05) is 20.3 Å². The maximum Gasteiger partial charge on any atom is 0.260 e. The second-order valence-corrected chi connectivity index (χ2v) is 4.51. The molecule has 0 aliphatic rings. The van der Waals surface area contributed by atoms with Crippen molar-refractivity contribution in [2.45, 2.75) is 32.5 Å². The number of aliphatic hydroxyl groups is 1. The number of aliphatic hydroxyl groups excluding tert-OH is 1. The molecule has 20 heavy (non-hydrogen) atoms. The van der Waals surface area contributed by atoms with Gasteiger partial charge in [-0.1, -0.05) is 25.1 Å². The number of carbonyl (C=O) groups excluding carboxylic acids is 1. The summed E-state index contributed by atoms with van der Waals surface area (Å²) in [6.07, 6.45) is -0.624. The average molecular weight is 281 g/mol. The van der Waals surface area contributed by atoms with Gasteiger partial charge in [-0.15, -0.1) is 0 Å². The van der Waals surface area contributed by atoms with E-state index in [1.165, 1.54) is 0 Å². The number of amides is 1. The van der Waals surface area contributed by atoms with Gasteiger partial charge in [0.05, 0.1) is 12.7 Å². The monoisotopic (exact) mass is 281 g/mol. The Morgan fingerprint density at radius 1 is 1.40 bits per heavy atom. The molecule has 112 valence electrons. The molecule has 0 heterocycles. The van der Waals surface area contributed by atoms with Crippen LogP contribution in [0.1, 0.15) is 31.9 Å². The van der Waals surface area contributed by atoms with Crippen LogP contribution in [0.2, 0.25) is 0 Å². The molecule has 1 rings (SSSR count). The Kier molecular flexibility index (Phi) is 7.04. The highest BCUT2D eigenvalue weighted by molar-refractivity contribution is 5.80. The molecule has 0 radical (unpaired) electrons.